The van der Waals surface area contributed by atoms with Crippen molar-refractivity contribution in [2.24, 2.45) is 5.92 Å². The van der Waals surface area contributed by atoms with Crippen molar-refractivity contribution in [3.63, 3.8) is 0 Å². The summed E-state index contributed by atoms with van der Waals surface area (Å²) < 4.78 is 10.9. The summed E-state index contributed by atoms with van der Waals surface area (Å²) in [5.74, 6) is 1.59. The summed E-state index contributed by atoms with van der Waals surface area (Å²) in [7, 11) is 3.28. The molecule has 5 heteroatoms. The zero-order valence-corrected chi connectivity index (χ0v) is 13.7. The number of amides is 1. The Bertz CT molecular complexity index is 659. The van der Waals surface area contributed by atoms with Crippen molar-refractivity contribution in [3.8, 4) is 11.5 Å². The van der Waals surface area contributed by atoms with Crippen LogP contribution in [0.4, 0.5) is 0 Å². The van der Waals surface area contributed by atoms with E-state index in [1.165, 1.54) is 5.56 Å². The Morgan fingerprint density at radius 3 is 2.74 bits per heavy atom. The minimum Gasteiger partial charge on any atom is -0.493 e. The van der Waals surface area contributed by atoms with E-state index >= 15 is 0 Å². The van der Waals surface area contributed by atoms with Crippen LogP contribution in [0, 0.1) is 5.92 Å². The van der Waals surface area contributed by atoms with Crippen molar-refractivity contribution in [1.29, 1.82) is 0 Å². The summed E-state index contributed by atoms with van der Waals surface area (Å²) in [4.78, 5) is 14.6. The first-order valence-corrected chi connectivity index (χ1v) is 8.35. The van der Waals surface area contributed by atoms with Crippen molar-refractivity contribution in [2.75, 3.05) is 20.8 Å². The van der Waals surface area contributed by atoms with E-state index in [1.807, 2.05) is 17.0 Å². The highest BCUT2D eigenvalue weighted by Crippen LogP contribution is 2.56. The summed E-state index contributed by atoms with van der Waals surface area (Å²) in [6, 6.07) is 4.07. The van der Waals surface area contributed by atoms with E-state index in [-0.39, 0.29) is 17.4 Å². The maximum absolute atomic E-state index is 12.6. The Morgan fingerprint density at radius 2 is 2.00 bits per heavy atom. The summed E-state index contributed by atoms with van der Waals surface area (Å²) in [6.45, 7) is 0.727. The average Bonchev–Trinajstić information content (AvgIpc) is 2.88. The lowest BCUT2D eigenvalue weighted by Crippen LogP contribution is -2.54. The van der Waals surface area contributed by atoms with Gasteiger partial charge in [-0.05, 0) is 48.9 Å². The maximum Gasteiger partial charge on any atom is 0.223 e. The topological polar surface area (TPSA) is 59.0 Å². The van der Waals surface area contributed by atoms with Gasteiger partial charge < -0.3 is 19.5 Å². The van der Waals surface area contributed by atoms with Gasteiger partial charge in [0.15, 0.2) is 11.5 Å². The largest absolute Gasteiger partial charge is 0.493 e. The van der Waals surface area contributed by atoms with Gasteiger partial charge in [-0.15, -0.1) is 0 Å². The van der Waals surface area contributed by atoms with Crippen LogP contribution in [0.1, 0.15) is 36.8 Å². The quantitative estimate of drug-likeness (QED) is 0.904. The number of hydrogen-bond acceptors (Lipinski definition) is 4. The van der Waals surface area contributed by atoms with Crippen molar-refractivity contribution in [1.82, 2.24) is 4.90 Å². The van der Waals surface area contributed by atoms with E-state index in [1.54, 1.807) is 14.2 Å². The van der Waals surface area contributed by atoms with Crippen LogP contribution >= 0.6 is 0 Å². The van der Waals surface area contributed by atoms with Crippen LogP contribution in [0.3, 0.4) is 0 Å². The van der Waals surface area contributed by atoms with Gasteiger partial charge in [0.25, 0.3) is 0 Å². The molecule has 4 rings (SSSR count). The number of methoxy groups -OCH3 is 2. The molecule has 0 aromatic heterocycles. The molecule has 0 radical (unpaired) electrons. The second-order valence-electron chi connectivity index (χ2n) is 6.85. The van der Waals surface area contributed by atoms with Crippen molar-refractivity contribution in [2.45, 2.75) is 43.7 Å². The minimum absolute atomic E-state index is 0.0131. The number of rotatable bonds is 2. The Labute approximate surface area is 136 Å². The molecule has 1 aromatic rings. The Kier molecular flexibility index (Phi) is 3.30. The van der Waals surface area contributed by atoms with Crippen LogP contribution in [0.15, 0.2) is 12.1 Å². The second-order valence-corrected chi connectivity index (χ2v) is 6.85. The van der Waals surface area contributed by atoms with Crippen molar-refractivity contribution in [3.05, 3.63) is 23.3 Å². The van der Waals surface area contributed by atoms with Crippen LogP contribution in [0.2, 0.25) is 0 Å². The molecule has 1 amide bonds. The van der Waals surface area contributed by atoms with Crippen LogP contribution in [-0.4, -0.2) is 42.8 Å². The van der Waals surface area contributed by atoms with Crippen molar-refractivity contribution >= 4 is 5.91 Å². The smallest absolute Gasteiger partial charge is 0.223 e. The first-order valence-electron chi connectivity index (χ1n) is 8.35. The number of benzene rings is 1. The SMILES string of the molecule is COc1cc2c(cc1OC)[C@]13CCC[C@@H](O)[C@H]1CC(=O)N3CC2. The van der Waals surface area contributed by atoms with Gasteiger partial charge in [-0.25, -0.2) is 0 Å². The third-order valence-electron chi connectivity index (χ3n) is 5.99. The number of nitrogens with zero attached hydrogens (tertiary/aromatic N) is 1. The monoisotopic (exact) mass is 317 g/mol. The molecule has 5 nitrogen and oxygen atoms in total. The lowest BCUT2D eigenvalue weighted by Gasteiger charge is -2.50. The summed E-state index contributed by atoms with van der Waals surface area (Å²) in [5.41, 5.74) is 2.01. The molecule has 1 saturated heterocycles. The van der Waals surface area contributed by atoms with Gasteiger partial charge in [-0.1, -0.05) is 0 Å². The molecule has 3 aliphatic rings. The lowest BCUT2D eigenvalue weighted by molar-refractivity contribution is -0.133. The van der Waals surface area contributed by atoms with Gasteiger partial charge in [-0.3, -0.25) is 4.79 Å². The van der Waals surface area contributed by atoms with Gasteiger partial charge in [0.2, 0.25) is 5.91 Å². The van der Waals surface area contributed by atoms with Gasteiger partial charge in [-0.2, -0.15) is 0 Å². The Hall–Kier alpha value is -1.75. The molecule has 1 spiro atoms. The van der Waals surface area contributed by atoms with Crippen molar-refractivity contribution < 1.29 is 19.4 Å². The molecule has 1 aromatic carbocycles. The van der Waals surface area contributed by atoms with E-state index in [4.69, 9.17) is 9.47 Å². The molecule has 0 bridgehead atoms. The van der Waals surface area contributed by atoms with Gasteiger partial charge in [0, 0.05) is 18.9 Å². The number of carbonyl (C=O) groups is 1. The predicted octanol–water partition coefficient (Wildman–Crippen LogP) is 1.85. The third-order valence-corrected chi connectivity index (χ3v) is 5.99. The first-order chi connectivity index (χ1) is 11.1. The Balaban J connectivity index is 1.92. The number of aliphatic hydroxyl groups is 1. The molecular formula is C18H23NO4. The highest BCUT2D eigenvalue weighted by atomic mass is 16.5. The average molecular weight is 317 g/mol. The number of carbonyl (C=O) groups excluding carboxylic acids is 1. The molecule has 2 fully saturated rings. The molecule has 2 heterocycles. The summed E-state index contributed by atoms with van der Waals surface area (Å²) in [5, 5.41) is 10.5. The molecule has 124 valence electrons. The normalized spacial score (nSPS) is 32.1. The highest BCUT2D eigenvalue weighted by molar-refractivity contribution is 5.82. The van der Waals surface area contributed by atoms with Crippen LogP contribution in [-0.2, 0) is 16.8 Å². The molecule has 1 N–H and O–H groups in total. The second kappa shape index (κ2) is 5.13. The first kappa shape index (κ1) is 14.8. The summed E-state index contributed by atoms with van der Waals surface area (Å²) >= 11 is 0. The lowest BCUT2D eigenvalue weighted by atomic mass is 9.65. The molecule has 3 atom stereocenters. The zero-order chi connectivity index (χ0) is 16.2. The molecule has 23 heavy (non-hydrogen) atoms. The molecule has 1 saturated carbocycles. The maximum atomic E-state index is 12.6. The fourth-order valence-corrected chi connectivity index (χ4v) is 5.01. The van der Waals surface area contributed by atoms with Gasteiger partial charge in [0.1, 0.15) is 0 Å². The van der Waals surface area contributed by atoms with E-state index in [2.05, 4.69) is 0 Å². The molecule has 1 aliphatic carbocycles. The third kappa shape index (κ3) is 1.86. The van der Waals surface area contributed by atoms with Crippen LogP contribution in [0.5, 0.6) is 11.5 Å². The highest BCUT2D eigenvalue weighted by Gasteiger charge is 2.59. The van der Waals surface area contributed by atoms with E-state index in [9.17, 15) is 9.90 Å². The number of fused-ring (bicyclic) bond motifs is 1. The number of hydrogen-bond donors (Lipinski definition) is 1. The van der Waals surface area contributed by atoms with Crippen LogP contribution < -0.4 is 9.47 Å². The van der Waals surface area contributed by atoms with Gasteiger partial charge in [0.05, 0.1) is 25.9 Å². The standard InChI is InChI=1S/C18H23NO4/c1-22-15-8-11-5-7-19-17(21)10-13-14(20)4-3-6-18(13,19)12(11)9-16(15)23-2/h8-9,13-14,20H,3-7,10H2,1-2H3/t13-,14-,18-/m1/s1. The molecule has 2 aliphatic heterocycles. The zero-order valence-electron chi connectivity index (χ0n) is 13.7. The minimum atomic E-state index is -0.406. The predicted molar refractivity (Wildman–Crippen MR) is 84.6 cm³/mol. The van der Waals surface area contributed by atoms with E-state index in [0.717, 1.165) is 43.5 Å². The fraction of sp³-hybridized carbons (Fsp3) is 0.611. The number of ether oxygens (including phenoxy) is 2. The molecule has 0 unspecified atom stereocenters. The Morgan fingerprint density at radius 1 is 1.26 bits per heavy atom. The van der Waals surface area contributed by atoms with Gasteiger partial charge >= 0.3 is 0 Å². The summed E-state index contributed by atoms with van der Waals surface area (Å²) in [6.07, 6.45) is 3.52. The van der Waals surface area contributed by atoms with E-state index in [0.29, 0.717) is 12.2 Å². The van der Waals surface area contributed by atoms with E-state index < -0.39 is 6.10 Å². The van der Waals surface area contributed by atoms with Crippen LogP contribution in [0.25, 0.3) is 0 Å². The fourth-order valence-electron chi connectivity index (χ4n) is 5.01. The number of aliphatic hydroxyl groups excluding tert-OH is 1. The molecular weight excluding hydrogens is 294 g/mol.